The van der Waals surface area contributed by atoms with Gasteiger partial charge in [-0.15, -0.1) is 0 Å². The fraction of sp³-hybridized carbons (Fsp3) is 0.348. The number of benzene rings is 2. The Kier molecular flexibility index (Phi) is 6.15. The molecule has 0 bridgehead atoms. The number of amides is 3. The van der Waals surface area contributed by atoms with Crippen molar-refractivity contribution in [3.8, 4) is 0 Å². The lowest BCUT2D eigenvalue weighted by atomic mass is 10.1. The van der Waals surface area contributed by atoms with E-state index in [0.717, 1.165) is 30.5 Å². The molecule has 0 aromatic heterocycles. The Morgan fingerprint density at radius 2 is 1.84 bits per heavy atom. The van der Waals surface area contributed by atoms with Crippen LogP contribution in [0.2, 0.25) is 5.02 Å². The Morgan fingerprint density at radius 1 is 1.16 bits per heavy atom. The first-order valence-electron chi connectivity index (χ1n) is 10.3. The Bertz CT molecular complexity index is 1070. The van der Waals surface area contributed by atoms with Crippen molar-refractivity contribution in [1.29, 1.82) is 0 Å². The summed E-state index contributed by atoms with van der Waals surface area (Å²) in [4.78, 5) is 42.6. The SMILES string of the molecule is Cc1c(Cl)cccc1N1CN(C(=O)CN(CC2CC2)C(=O)c2cc(F)cc(F)c2)CC1=O. The smallest absolute Gasteiger partial charge is 0.254 e. The van der Waals surface area contributed by atoms with E-state index in [2.05, 4.69) is 0 Å². The minimum absolute atomic E-state index is 0.0406. The highest BCUT2D eigenvalue weighted by atomic mass is 35.5. The molecule has 6 nitrogen and oxygen atoms in total. The highest BCUT2D eigenvalue weighted by Crippen LogP contribution is 2.31. The molecule has 0 radical (unpaired) electrons. The maximum Gasteiger partial charge on any atom is 0.254 e. The molecule has 1 saturated carbocycles. The Hall–Kier alpha value is -3.00. The molecular weight excluding hydrogens is 440 g/mol. The molecule has 0 unspecified atom stereocenters. The minimum Gasteiger partial charge on any atom is -0.329 e. The van der Waals surface area contributed by atoms with Crippen molar-refractivity contribution < 1.29 is 23.2 Å². The van der Waals surface area contributed by atoms with Crippen LogP contribution in [-0.2, 0) is 9.59 Å². The number of carbonyl (C=O) groups is 3. The third-order valence-electron chi connectivity index (χ3n) is 5.72. The molecule has 2 aliphatic rings. The fourth-order valence-corrected chi connectivity index (χ4v) is 3.94. The number of hydrogen-bond acceptors (Lipinski definition) is 3. The zero-order valence-corrected chi connectivity index (χ0v) is 18.2. The largest absolute Gasteiger partial charge is 0.329 e. The molecule has 2 aromatic carbocycles. The average molecular weight is 462 g/mol. The van der Waals surface area contributed by atoms with Crippen molar-refractivity contribution in [2.24, 2.45) is 5.92 Å². The van der Waals surface area contributed by atoms with Gasteiger partial charge >= 0.3 is 0 Å². The van der Waals surface area contributed by atoms with E-state index >= 15 is 0 Å². The van der Waals surface area contributed by atoms with Gasteiger partial charge in [0.25, 0.3) is 5.91 Å². The Morgan fingerprint density at radius 3 is 2.50 bits per heavy atom. The molecule has 0 N–H and O–H groups in total. The van der Waals surface area contributed by atoms with Crippen LogP contribution in [0.5, 0.6) is 0 Å². The van der Waals surface area contributed by atoms with E-state index in [1.54, 1.807) is 25.1 Å². The normalized spacial score (nSPS) is 15.9. The first-order chi connectivity index (χ1) is 15.2. The third-order valence-corrected chi connectivity index (χ3v) is 6.13. The van der Waals surface area contributed by atoms with Crippen LogP contribution in [-0.4, -0.2) is 53.8 Å². The van der Waals surface area contributed by atoms with Crippen LogP contribution in [0.3, 0.4) is 0 Å². The van der Waals surface area contributed by atoms with E-state index in [-0.39, 0.29) is 37.1 Å². The molecule has 1 aliphatic carbocycles. The maximum atomic E-state index is 13.6. The second kappa shape index (κ2) is 8.86. The van der Waals surface area contributed by atoms with E-state index in [9.17, 15) is 23.2 Å². The summed E-state index contributed by atoms with van der Waals surface area (Å²) < 4.78 is 27.2. The number of halogens is 3. The van der Waals surface area contributed by atoms with E-state index < -0.39 is 23.4 Å². The predicted octanol–water partition coefficient (Wildman–Crippen LogP) is 3.61. The van der Waals surface area contributed by atoms with Gasteiger partial charge in [-0.25, -0.2) is 8.78 Å². The summed E-state index contributed by atoms with van der Waals surface area (Å²) in [6.45, 7) is 1.76. The van der Waals surface area contributed by atoms with Gasteiger partial charge in [-0.2, -0.15) is 0 Å². The second-order valence-corrected chi connectivity index (χ2v) is 8.63. The molecule has 3 amide bonds. The van der Waals surface area contributed by atoms with Crippen molar-refractivity contribution in [2.45, 2.75) is 19.8 Å². The van der Waals surface area contributed by atoms with Gasteiger partial charge in [0.15, 0.2) is 0 Å². The van der Waals surface area contributed by atoms with Crippen molar-refractivity contribution in [3.63, 3.8) is 0 Å². The molecule has 168 valence electrons. The standard InChI is InChI=1S/C23H22ClF2N3O3/c1-14-19(24)3-2-4-20(14)29-13-28(12-22(29)31)21(30)11-27(10-15-5-6-15)23(32)16-7-17(25)9-18(26)8-16/h2-4,7-9,15H,5-6,10-13H2,1H3. The quantitative estimate of drug-likeness (QED) is 0.660. The highest BCUT2D eigenvalue weighted by molar-refractivity contribution is 6.31. The topological polar surface area (TPSA) is 60.9 Å². The number of rotatable bonds is 6. The van der Waals surface area contributed by atoms with Crippen molar-refractivity contribution in [2.75, 3.05) is 31.2 Å². The van der Waals surface area contributed by atoms with Gasteiger partial charge in [0, 0.05) is 28.9 Å². The van der Waals surface area contributed by atoms with Crippen molar-refractivity contribution in [1.82, 2.24) is 9.80 Å². The van der Waals surface area contributed by atoms with Crippen LogP contribution < -0.4 is 4.90 Å². The summed E-state index contributed by atoms with van der Waals surface area (Å²) in [5.41, 5.74) is 1.21. The lowest BCUT2D eigenvalue weighted by molar-refractivity contribution is -0.132. The van der Waals surface area contributed by atoms with Crippen LogP contribution in [0.25, 0.3) is 0 Å². The second-order valence-electron chi connectivity index (χ2n) is 8.23. The summed E-state index contributed by atoms with van der Waals surface area (Å²) in [6.07, 6.45) is 1.86. The number of carbonyl (C=O) groups excluding carboxylic acids is 3. The molecule has 0 spiro atoms. The third kappa shape index (κ3) is 4.75. The maximum absolute atomic E-state index is 13.6. The Labute approximate surface area is 189 Å². The van der Waals surface area contributed by atoms with Crippen LogP contribution in [0.15, 0.2) is 36.4 Å². The van der Waals surface area contributed by atoms with Crippen molar-refractivity contribution >= 4 is 35.0 Å². The molecule has 9 heteroatoms. The fourth-order valence-electron chi connectivity index (χ4n) is 3.77. The van der Waals surface area contributed by atoms with Crippen LogP contribution in [0.1, 0.15) is 28.8 Å². The lowest BCUT2D eigenvalue weighted by Crippen LogP contribution is -2.43. The first-order valence-corrected chi connectivity index (χ1v) is 10.7. The summed E-state index contributed by atoms with van der Waals surface area (Å²) in [6, 6.07) is 7.82. The number of nitrogens with zero attached hydrogens (tertiary/aromatic N) is 3. The van der Waals surface area contributed by atoms with E-state index in [1.807, 2.05) is 0 Å². The monoisotopic (exact) mass is 461 g/mol. The van der Waals surface area contributed by atoms with Gasteiger partial charge in [-0.05, 0) is 55.5 Å². The summed E-state index contributed by atoms with van der Waals surface area (Å²) in [5, 5.41) is 0.517. The van der Waals surface area contributed by atoms with Crippen molar-refractivity contribution in [3.05, 3.63) is 64.2 Å². The highest BCUT2D eigenvalue weighted by Gasteiger charge is 2.35. The van der Waals surface area contributed by atoms with Crippen LogP contribution in [0.4, 0.5) is 14.5 Å². The lowest BCUT2D eigenvalue weighted by Gasteiger charge is -2.25. The van der Waals surface area contributed by atoms with Crippen LogP contribution in [0, 0.1) is 24.5 Å². The van der Waals surface area contributed by atoms with Crippen LogP contribution >= 0.6 is 11.6 Å². The molecule has 0 atom stereocenters. The summed E-state index contributed by atoms with van der Waals surface area (Å²) in [5.74, 6) is -2.73. The summed E-state index contributed by atoms with van der Waals surface area (Å²) >= 11 is 6.16. The molecule has 1 saturated heterocycles. The van der Waals surface area contributed by atoms with Gasteiger partial charge in [-0.3, -0.25) is 19.3 Å². The molecule has 4 rings (SSSR count). The number of anilines is 1. The molecule has 2 aromatic rings. The molecular formula is C23H22ClF2N3O3. The molecule has 1 aliphatic heterocycles. The Balaban J connectivity index is 1.49. The van der Waals surface area contributed by atoms with Gasteiger partial charge in [0.05, 0.1) is 0 Å². The molecule has 32 heavy (non-hydrogen) atoms. The first kappa shape index (κ1) is 22.2. The van der Waals surface area contributed by atoms with Gasteiger partial charge < -0.3 is 9.80 Å². The van der Waals surface area contributed by atoms with Gasteiger partial charge in [0.1, 0.15) is 31.4 Å². The average Bonchev–Trinajstić information content (AvgIpc) is 3.47. The summed E-state index contributed by atoms with van der Waals surface area (Å²) in [7, 11) is 0. The predicted molar refractivity (Wildman–Crippen MR) is 115 cm³/mol. The van der Waals surface area contributed by atoms with Gasteiger partial charge in [0.2, 0.25) is 11.8 Å². The van der Waals surface area contributed by atoms with E-state index in [4.69, 9.17) is 11.6 Å². The minimum atomic E-state index is -0.858. The zero-order valence-electron chi connectivity index (χ0n) is 17.5. The number of hydrogen-bond donors (Lipinski definition) is 0. The zero-order chi connectivity index (χ0) is 23.0. The van der Waals surface area contributed by atoms with E-state index in [1.165, 1.54) is 14.7 Å². The molecule has 1 heterocycles. The van der Waals surface area contributed by atoms with E-state index in [0.29, 0.717) is 23.3 Å². The molecule has 2 fully saturated rings. The van der Waals surface area contributed by atoms with Gasteiger partial charge in [-0.1, -0.05) is 17.7 Å².